The third kappa shape index (κ3) is 5.30. The topological polar surface area (TPSA) is 69.0 Å². The lowest BCUT2D eigenvalue weighted by Gasteiger charge is -2.28. The van der Waals surface area contributed by atoms with Gasteiger partial charge >= 0.3 is 0 Å². The number of carbonyl (C=O) groups is 1. The Bertz CT molecular complexity index is 1170. The summed E-state index contributed by atoms with van der Waals surface area (Å²) in [5, 5.41) is 8.74. The molecule has 1 aliphatic rings. The predicted molar refractivity (Wildman–Crippen MR) is 133 cm³/mol. The molecule has 0 radical (unpaired) electrons. The molecule has 6 nitrogen and oxygen atoms in total. The number of hydrogen-bond acceptors (Lipinski definition) is 6. The maximum absolute atomic E-state index is 12.6. The second-order valence-corrected chi connectivity index (χ2v) is 9.40. The number of ether oxygens (including phenoxy) is 1. The predicted octanol–water partition coefficient (Wildman–Crippen LogP) is 5.94. The van der Waals surface area contributed by atoms with Crippen LogP contribution in [0.25, 0.3) is 0 Å². The van der Waals surface area contributed by atoms with E-state index in [1.54, 1.807) is 18.7 Å². The highest BCUT2D eigenvalue weighted by Crippen LogP contribution is 2.37. The van der Waals surface area contributed by atoms with E-state index in [1.165, 1.54) is 5.56 Å². The van der Waals surface area contributed by atoms with Crippen molar-refractivity contribution in [3.63, 3.8) is 0 Å². The van der Waals surface area contributed by atoms with Gasteiger partial charge in [0.15, 0.2) is 5.78 Å². The average Bonchev–Trinajstić information content (AvgIpc) is 3.19. The third-order valence-corrected chi connectivity index (χ3v) is 6.55. The fraction of sp³-hybridized carbons (Fsp3) is 0.346. The van der Waals surface area contributed by atoms with Crippen LogP contribution < -0.4 is 10.1 Å². The first-order chi connectivity index (χ1) is 16.0. The fourth-order valence-corrected chi connectivity index (χ4v) is 4.89. The highest BCUT2D eigenvalue weighted by atomic mass is 32.2. The third-order valence-electron chi connectivity index (χ3n) is 5.63. The van der Waals surface area contributed by atoms with Gasteiger partial charge in [0, 0.05) is 17.0 Å². The highest BCUT2D eigenvalue weighted by Gasteiger charge is 2.32. The van der Waals surface area contributed by atoms with Crippen molar-refractivity contribution < 1.29 is 9.53 Å². The van der Waals surface area contributed by atoms with E-state index in [0.29, 0.717) is 18.1 Å². The van der Waals surface area contributed by atoms with Crippen molar-refractivity contribution >= 4 is 23.5 Å². The molecule has 172 valence electrons. The minimum atomic E-state index is -0.322. The summed E-state index contributed by atoms with van der Waals surface area (Å²) in [6.07, 6.45) is 2.25. The Labute approximate surface area is 199 Å². The van der Waals surface area contributed by atoms with Crippen LogP contribution in [0, 0.1) is 6.92 Å². The number of ketones is 1. The van der Waals surface area contributed by atoms with Gasteiger partial charge in [-0.1, -0.05) is 67.1 Å². The van der Waals surface area contributed by atoms with E-state index >= 15 is 0 Å². The van der Waals surface area contributed by atoms with Gasteiger partial charge in [0.2, 0.25) is 11.1 Å². The molecule has 4 rings (SSSR count). The van der Waals surface area contributed by atoms with Crippen molar-refractivity contribution in [1.82, 2.24) is 14.8 Å². The minimum absolute atomic E-state index is 0.0195. The monoisotopic (exact) mass is 462 g/mol. The van der Waals surface area contributed by atoms with Gasteiger partial charge in [-0.05, 0) is 50.5 Å². The zero-order valence-electron chi connectivity index (χ0n) is 19.6. The van der Waals surface area contributed by atoms with Crippen LogP contribution >= 0.6 is 11.8 Å². The molecule has 33 heavy (non-hydrogen) atoms. The zero-order chi connectivity index (χ0) is 23.4. The van der Waals surface area contributed by atoms with E-state index in [2.05, 4.69) is 42.3 Å². The number of benzene rings is 2. The van der Waals surface area contributed by atoms with Crippen molar-refractivity contribution in [2.24, 2.45) is 0 Å². The number of allylic oxidation sites excluding steroid dienone is 2. The van der Waals surface area contributed by atoms with Crippen LogP contribution in [0.2, 0.25) is 0 Å². The van der Waals surface area contributed by atoms with Gasteiger partial charge in [-0.15, -0.1) is 5.10 Å². The van der Waals surface area contributed by atoms with E-state index in [1.807, 2.05) is 41.9 Å². The number of carbonyl (C=O) groups excluding carboxylic acids is 1. The zero-order valence-corrected chi connectivity index (χ0v) is 20.4. The lowest BCUT2D eigenvalue weighted by molar-refractivity contribution is -0.114. The SMILES string of the molecule is CCCCSc1nc2n(n1)C(c1ccc(OCc3cccc(C)c3)cc1)C(C(C)=O)=C(C)N2. The number of fused-ring (bicyclic) bond motifs is 1. The summed E-state index contributed by atoms with van der Waals surface area (Å²) in [5.41, 5.74) is 4.84. The summed E-state index contributed by atoms with van der Waals surface area (Å²) >= 11 is 1.65. The van der Waals surface area contributed by atoms with Crippen LogP contribution in [-0.2, 0) is 11.4 Å². The summed E-state index contributed by atoms with van der Waals surface area (Å²) in [4.78, 5) is 17.2. The molecule has 0 spiro atoms. The van der Waals surface area contributed by atoms with Crippen molar-refractivity contribution in [3.05, 3.63) is 76.5 Å². The molecule has 0 saturated heterocycles. The van der Waals surface area contributed by atoms with Gasteiger partial charge < -0.3 is 10.1 Å². The van der Waals surface area contributed by atoms with E-state index in [-0.39, 0.29) is 11.8 Å². The van der Waals surface area contributed by atoms with E-state index in [9.17, 15) is 4.79 Å². The smallest absolute Gasteiger partial charge is 0.227 e. The molecule has 0 aliphatic carbocycles. The van der Waals surface area contributed by atoms with Gasteiger partial charge in [-0.2, -0.15) is 4.98 Å². The Morgan fingerprint density at radius 2 is 1.97 bits per heavy atom. The summed E-state index contributed by atoms with van der Waals surface area (Å²) in [7, 11) is 0. The second kappa shape index (κ2) is 10.3. The molecular weight excluding hydrogens is 432 g/mol. The Morgan fingerprint density at radius 3 is 2.67 bits per heavy atom. The lowest BCUT2D eigenvalue weighted by atomic mass is 9.93. The van der Waals surface area contributed by atoms with Crippen LogP contribution in [0.1, 0.15) is 56.3 Å². The molecule has 1 atom stereocenters. The summed E-state index contributed by atoms with van der Waals surface area (Å²) in [6, 6.07) is 15.9. The first-order valence-corrected chi connectivity index (χ1v) is 12.3. The van der Waals surface area contributed by atoms with Gasteiger partial charge in [0.25, 0.3) is 0 Å². The molecule has 0 amide bonds. The standard InChI is InChI=1S/C26H30N4O2S/c1-5-6-14-33-26-28-25-27-18(3)23(19(4)31)24(30(25)29-26)21-10-12-22(13-11-21)32-16-20-9-7-8-17(2)15-20/h7-13,15,24H,5-6,14,16H2,1-4H3,(H,27,28,29). The number of aryl methyl sites for hydroxylation is 1. The second-order valence-electron chi connectivity index (χ2n) is 8.33. The fourth-order valence-electron chi connectivity index (χ4n) is 3.98. The number of Topliss-reactive ketones (excluding diaryl/α,β-unsaturated/α-hetero) is 1. The maximum atomic E-state index is 12.6. The first kappa shape index (κ1) is 23.1. The van der Waals surface area contributed by atoms with E-state index in [0.717, 1.165) is 46.3 Å². The molecular formula is C26H30N4O2S. The maximum Gasteiger partial charge on any atom is 0.227 e. The summed E-state index contributed by atoms with van der Waals surface area (Å²) in [5.74, 6) is 2.45. The number of anilines is 1. The molecule has 1 aliphatic heterocycles. The molecule has 0 fully saturated rings. The lowest BCUT2D eigenvalue weighted by Crippen LogP contribution is -2.27. The Morgan fingerprint density at radius 1 is 1.18 bits per heavy atom. The number of unbranched alkanes of at least 4 members (excludes halogenated alkanes) is 1. The van der Waals surface area contributed by atoms with Crippen molar-refractivity contribution in [1.29, 1.82) is 0 Å². The van der Waals surface area contributed by atoms with Crippen LogP contribution in [0.4, 0.5) is 5.95 Å². The molecule has 1 unspecified atom stereocenters. The first-order valence-electron chi connectivity index (χ1n) is 11.3. The molecule has 2 aromatic carbocycles. The largest absolute Gasteiger partial charge is 0.489 e. The van der Waals surface area contributed by atoms with E-state index < -0.39 is 0 Å². The van der Waals surface area contributed by atoms with Crippen LogP contribution in [0.3, 0.4) is 0 Å². The van der Waals surface area contributed by atoms with Crippen LogP contribution in [-0.4, -0.2) is 26.3 Å². The Balaban J connectivity index is 1.58. The number of nitrogens with zero attached hydrogens (tertiary/aromatic N) is 3. The number of hydrogen-bond donors (Lipinski definition) is 1. The molecule has 1 N–H and O–H groups in total. The Kier molecular flexibility index (Phi) is 7.18. The van der Waals surface area contributed by atoms with Crippen molar-refractivity contribution in [2.45, 2.75) is 58.3 Å². The molecule has 2 heterocycles. The Hall–Kier alpha value is -3.06. The quantitative estimate of drug-likeness (QED) is 0.314. The summed E-state index contributed by atoms with van der Waals surface area (Å²) in [6.45, 7) is 8.28. The minimum Gasteiger partial charge on any atom is -0.489 e. The summed E-state index contributed by atoms with van der Waals surface area (Å²) < 4.78 is 7.82. The number of rotatable bonds is 9. The number of aromatic nitrogens is 3. The van der Waals surface area contributed by atoms with Crippen LogP contribution in [0.5, 0.6) is 5.75 Å². The molecule has 0 bridgehead atoms. The average molecular weight is 463 g/mol. The van der Waals surface area contributed by atoms with Gasteiger partial charge in [-0.25, -0.2) is 4.68 Å². The van der Waals surface area contributed by atoms with Crippen molar-refractivity contribution in [2.75, 3.05) is 11.1 Å². The van der Waals surface area contributed by atoms with Crippen molar-refractivity contribution in [3.8, 4) is 5.75 Å². The van der Waals surface area contributed by atoms with E-state index in [4.69, 9.17) is 9.84 Å². The molecule has 7 heteroatoms. The molecule has 1 aromatic heterocycles. The van der Waals surface area contributed by atoms with Crippen LogP contribution in [0.15, 0.2) is 65.0 Å². The van der Waals surface area contributed by atoms with Gasteiger partial charge in [0.1, 0.15) is 18.4 Å². The van der Waals surface area contributed by atoms with Gasteiger partial charge in [0.05, 0.1) is 0 Å². The molecule has 0 saturated carbocycles. The molecule has 3 aromatic rings. The number of nitrogens with one attached hydrogen (secondary N) is 1. The number of thioether (sulfide) groups is 1. The van der Waals surface area contributed by atoms with Gasteiger partial charge in [-0.3, -0.25) is 4.79 Å². The normalized spacial score (nSPS) is 15.2. The highest BCUT2D eigenvalue weighted by molar-refractivity contribution is 7.99.